The van der Waals surface area contributed by atoms with E-state index in [1.165, 1.54) is 32.1 Å². The van der Waals surface area contributed by atoms with Gasteiger partial charge >= 0.3 is 6.03 Å². The van der Waals surface area contributed by atoms with Crippen LogP contribution in [0.2, 0.25) is 0 Å². The Balaban J connectivity index is 1.32. The summed E-state index contributed by atoms with van der Waals surface area (Å²) in [6.45, 7) is 1.26. The molecule has 1 fully saturated rings. The van der Waals surface area contributed by atoms with Gasteiger partial charge < -0.3 is 10.6 Å². The number of amides is 2. The predicted molar refractivity (Wildman–Crippen MR) is 124 cm³/mol. The van der Waals surface area contributed by atoms with Crippen molar-refractivity contribution in [3.05, 3.63) is 78.1 Å². The van der Waals surface area contributed by atoms with Crippen molar-refractivity contribution >= 4 is 11.7 Å². The van der Waals surface area contributed by atoms with Crippen molar-refractivity contribution in [1.29, 1.82) is 0 Å². The van der Waals surface area contributed by atoms with Crippen molar-refractivity contribution in [3.63, 3.8) is 0 Å². The van der Waals surface area contributed by atoms with E-state index in [9.17, 15) is 4.79 Å². The summed E-state index contributed by atoms with van der Waals surface area (Å²) in [6.07, 6.45) is 10.2. The molecule has 1 aliphatic rings. The van der Waals surface area contributed by atoms with E-state index in [0.717, 1.165) is 29.0 Å². The van der Waals surface area contributed by atoms with E-state index in [-0.39, 0.29) is 6.03 Å². The quantitative estimate of drug-likeness (QED) is 0.571. The molecule has 1 aliphatic carbocycles. The van der Waals surface area contributed by atoms with Gasteiger partial charge in [-0.25, -0.2) is 9.48 Å². The van der Waals surface area contributed by atoms with E-state index in [0.29, 0.717) is 12.6 Å². The van der Waals surface area contributed by atoms with Gasteiger partial charge in [0.25, 0.3) is 0 Å². The molecule has 0 bridgehead atoms. The standard InChI is InChI=1S/C25H31N5O/c1-29(22-11-4-2-5-12-22)19-21-10-8-9-15-24(21)28-25(31)26-16-20-17-27-30(18-20)23-13-6-3-7-14-23/h3,6-10,13-15,17-18,22H,2,4-5,11-12,16,19H2,1H3,(H2,26,28,31). The van der Waals surface area contributed by atoms with Crippen molar-refractivity contribution in [3.8, 4) is 5.69 Å². The molecule has 31 heavy (non-hydrogen) atoms. The van der Waals surface area contributed by atoms with Gasteiger partial charge in [-0.05, 0) is 43.7 Å². The molecule has 6 heteroatoms. The van der Waals surface area contributed by atoms with E-state index < -0.39 is 0 Å². The molecule has 0 spiro atoms. The van der Waals surface area contributed by atoms with Gasteiger partial charge in [0.05, 0.1) is 11.9 Å². The Bertz CT molecular complexity index is 978. The van der Waals surface area contributed by atoms with Gasteiger partial charge in [0.1, 0.15) is 0 Å². The van der Waals surface area contributed by atoms with Crippen LogP contribution in [0.25, 0.3) is 5.69 Å². The van der Waals surface area contributed by atoms with Crippen LogP contribution in [0.5, 0.6) is 0 Å². The molecule has 1 aromatic heterocycles. The summed E-state index contributed by atoms with van der Waals surface area (Å²) in [5.74, 6) is 0. The first kappa shape index (κ1) is 21.1. The number of rotatable bonds is 7. The maximum absolute atomic E-state index is 12.5. The Morgan fingerprint density at radius 2 is 1.81 bits per heavy atom. The van der Waals surface area contributed by atoms with Crippen molar-refractivity contribution in [2.45, 2.75) is 51.2 Å². The van der Waals surface area contributed by atoms with Gasteiger partial charge in [-0.15, -0.1) is 0 Å². The van der Waals surface area contributed by atoms with E-state index in [2.05, 4.69) is 33.7 Å². The first-order valence-electron chi connectivity index (χ1n) is 11.1. The molecule has 0 aliphatic heterocycles. The number of anilines is 1. The Morgan fingerprint density at radius 3 is 2.61 bits per heavy atom. The van der Waals surface area contributed by atoms with Crippen LogP contribution in [0.4, 0.5) is 10.5 Å². The fourth-order valence-corrected chi connectivity index (χ4v) is 4.22. The molecule has 2 N–H and O–H groups in total. The van der Waals surface area contributed by atoms with Crippen molar-refractivity contribution in [2.75, 3.05) is 12.4 Å². The number of hydrogen-bond acceptors (Lipinski definition) is 3. The third kappa shape index (κ3) is 5.73. The molecule has 0 atom stereocenters. The van der Waals surface area contributed by atoms with Gasteiger partial charge in [0.15, 0.2) is 0 Å². The molecule has 162 valence electrons. The minimum Gasteiger partial charge on any atom is -0.334 e. The molecular weight excluding hydrogens is 386 g/mol. The third-order valence-corrected chi connectivity index (χ3v) is 5.99. The van der Waals surface area contributed by atoms with Gasteiger partial charge in [-0.3, -0.25) is 4.90 Å². The summed E-state index contributed by atoms with van der Waals surface area (Å²) in [4.78, 5) is 15.0. The second-order valence-electron chi connectivity index (χ2n) is 8.30. The fraction of sp³-hybridized carbons (Fsp3) is 0.360. The number of carbonyl (C=O) groups excluding carboxylic acids is 1. The number of urea groups is 1. The minimum absolute atomic E-state index is 0.208. The molecule has 0 unspecified atom stereocenters. The summed E-state index contributed by atoms with van der Waals surface area (Å²) in [5, 5.41) is 10.3. The number of nitrogens with zero attached hydrogens (tertiary/aromatic N) is 3. The van der Waals surface area contributed by atoms with Crippen LogP contribution in [-0.4, -0.2) is 33.8 Å². The van der Waals surface area contributed by atoms with Crippen LogP contribution in [0.3, 0.4) is 0 Å². The van der Waals surface area contributed by atoms with Gasteiger partial charge in [-0.2, -0.15) is 5.10 Å². The minimum atomic E-state index is -0.208. The van der Waals surface area contributed by atoms with Crippen LogP contribution in [0.15, 0.2) is 67.0 Å². The Morgan fingerprint density at radius 1 is 1.06 bits per heavy atom. The van der Waals surface area contributed by atoms with E-state index in [1.807, 2.05) is 59.4 Å². The maximum atomic E-state index is 12.5. The second kappa shape index (κ2) is 10.3. The molecule has 1 saturated carbocycles. The predicted octanol–water partition coefficient (Wildman–Crippen LogP) is 4.96. The first-order chi connectivity index (χ1) is 15.2. The summed E-state index contributed by atoms with van der Waals surface area (Å²) >= 11 is 0. The lowest BCUT2D eigenvalue weighted by atomic mass is 9.94. The average molecular weight is 418 g/mol. The lowest BCUT2D eigenvalue weighted by Gasteiger charge is -2.31. The summed E-state index contributed by atoms with van der Waals surface area (Å²) in [6, 6.07) is 18.4. The molecule has 6 nitrogen and oxygen atoms in total. The topological polar surface area (TPSA) is 62.2 Å². The second-order valence-corrected chi connectivity index (χ2v) is 8.30. The lowest BCUT2D eigenvalue weighted by molar-refractivity contribution is 0.185. The number of para-hydroxylation sites is 2. The number of carbonyl (C=O) groups is 1. The van der Waals surface area contributed by atoms with Crippen LogP contribution in [0.1, 0.15) is 43.2 Å². The number of hydrogen-bond donors (Lipinski definition) is 2. The highest BCUT2D eigenvalue weighted by atomic mass is 16.2. The molecule has 0 radical (unpaired) electrons. The third-order valence-electron chi connectivity index (χ3n) is 5.99. The van der Waals surface area contributed by atoms with Crippen LogP contribution in [0, 0.1) is 0 Å². The molecule has 2 amide bonds. The highest BCUT2D eigenvalue weighted by molar-refractivity contribution is 5.90. The molecule has 4 rings (SSSR count). The fourth-order valence-electron chi connectivity index (χ4n) is 4.22. The molecular formula is C25H31N5O. The normalized spacial score (nSPS) is 14.5. The zero-order valence-corrected chi connectivity index (χ0v) is 18.1. The largest absolute Gasteiger partial charge is 0.334 e. The SMILES string of the molecule is CN(Cc1ccccc1NC(=O)NCc1cnn(-c2ccccc2)c1)C1CCCCC1. The maximum Gasteiger partial charge on any atom is 0.319 e. The van der Waals surface area contributed by atoms with Crippen molar-refractivity contribution in [2.24, 2.45) is 0 Å². The van der Waals surface area contributed by atoms with Crippen LogP contribution >= 0.6 is 0 Å². The van der Waals surface area contributed by atoms with Crippen molar-refractivity contribution in [1.82, 2.24) is 20.0 Å². The molecule has 3 aromatic rings. The average Bonchev–Trinajstić information content (AvgIpc) is 3.29. The van der Waals surface area contributed by atoms with Crippen LogP contribution < -0.4 is 10.6 Å². The Labute approximate surface area is 184 Å². The Kier molecular flexibility index (Phi) is 6.99. The zero-order valence-electron chi connectivity index (χ0n) is 18.1. The molecule has 2 aromatic carbocycles. The molecule has 0 saturated heterocycles. The summed E-state index contributed by atoms with van der Waals surface area (Å²) in [5.41, 5.74) is 3.95. The smallest absolute Gasteiger partial charge is 0.319 e. The van der Waals surface area contributed by atoms with E-state index >= 15 is 0 Å². The van der Waals surface area contributed by atoms with Gasteiger partial charge in [-0.1, -0.05) is 55.7 Å². The van der Waals surface area contributed by atoms with Crippen molar-refractivity contribution < 1.29 is 4.79 Å². The van der Waals surface area contributed by atoms with E-state index in [1.54, 1.807) is 6.20 Å². The zero-order chi connectivity index (χ0) is 21.5. The number of aromatic nitrogens is 2. The monoisotopic (exact) mass is 417 g/mol. The molecule has 1 heterocycles. The van der Waals surface area contributed by atoms with E-state index in [4.69, 9.17) is 0 Å². The number of nitrogens with one attached hydrogen (secondary N) is 2. The summed E-state index contributed by atoms with van der Waals surface area (Å²) < 4.78 is 1.81. The number of benzene rings is 2. The lowest BCUT2D eigenvalue weighted by Crippen LogP contribution is -2.33. The summed E-state index contributed by atoms with van der Waals surface area (Å²) in [7, 11) is 2.19. The van der Waals surface area contributed by atoms with Gasteiger partial charge in [0.2, 0.25) is 0 Å². The first-order valence-corrected chi connectivity index (χ1v) is 11.1. The van der Waals surface area contributed by atoms with Crippen LogP contribution in [-0.2, 0) is 13.1 Å². The highest BCUT2D eigenvalue weighted by Crippen LogP contribution is 2.24. The highest BCUT2D eigenvalue weighted by Gasteiger charge is 2.19. The van der Waals surface area contributed by atoms with Gasteiger partial charge in [0, 0.05) is 36.6 Å². The Hall–Kier alpha value is -3.12.